The van der Waals surface area contributed by atoms with E-state index in [0.29, 0.717) is 12.2 Å². The Morgan fingerprint density at radius 1 is 1.22 bits per heavy atom. The van der Waals surface area contributed by atoms with E-state index in [0.717, 1.165) is 17.5 Å². The number of nitrogens with one attached hydrogen (secondary N) is 3. The molecule has 0 fully saturated rings. The van der Waals surface area contributed by atoms with Crippen molar-refractivity contribution in [1.82, 2.24) is 4.98 Å². The van der Waals surface area contributed by atoms with Crippen molar-refractivity contribution in [2.75, 3.05) is 16.3 Å². The van der Waals surface area contributed by atoms with Gasteiger partial charge in [-0.3, -0.25) is 4.72 Å². The molecule has 0 saturated carbocycles. The molecule has 5 nitrogen and oxygen atoms in total. The van der Waals surface area contributed by atoms with E-state index in [4.69, 9.17) is 0 Å². The smallest absolute Gasteiger partial charge is 0.229 e. The Labute approximate surface area is 106 Å². The van der Waals surface area contributed by atoms with Crippen molar-refractivity contribution in [3.63, 3.8) is 0 Å². The Kier molecular flexibility index (Phi) is 3.57. The van der Waals surface area contributed by atoms with Gasteiger partial charge in [0.25, 0.3) is 0 Å². The van der Waals surface area contributed by atoms with E-state index in [9.17, 15) is 8.42 Å². The standard InChI is InChI=1S/C12H15N3O2S/c1-18(16,17)15-12-4-2-3-11(7-12)14-9-10-5-6-13-8-10/h2-8,13-15H,9H2,1H3. The first kappa shape index (κ1) is 12.5. The summed E-state index contributed by atoms with van der Waals surface area (Å²) in [6.45, 7) is 0.686. The molecule has 0 aliphatic rings. The van der Waals surface area contributed by atoms with E-state index in [1.165, 1.54) is 0 Å². The van der Waals surface area contributed by atoms with E-state index < -0.39 is 10.0 Å². The third-order valence-corrected chi connectivity index (χ3v) is 2.93. The predicted octanol–water partition coefficient (Wildman–Crippen LogP) is 2.00. The van der Waals surface area contributed by atoms with Crippen molar-refractivity contribution in [2.45, 2.75) is 6.54 Å². The number of aromatic nitrogens is 1. The quantitative estimate of drug-likeness (QED) is 0.774. The van der Waals surface area contributed by atoms with Crippen LogP contribution in [-0.2, 0) is 16.6 Å². The van der Waals surface area contributed by atoms with Crippen molar-refractivity contribution in [2.24, 2.45) is 0 Å². The number of aromatic amines is 1. The molecule has 0 atom stereocenters. The Morgan fingerprint density at radius 2 is 2.00 bits per heavy atom. The second kappa shape index (κ2) is 5.14. The topological polar surface area (TPSA) is 74.0 Å². The fourth-order valence-corrected chi connectivity index (χ4v) is 2.13. The van der Waals surface area contributed by atoms with Crippen LogP contribution < -0.4 is 10.0 Å². The number of sulfonamides is 1. The van der Waals surface area contributed by atoms with E-state index in [1.807, 2.05) is 24.5 Å². The maximum Gasteiger partial charge on any atom is 0.229 e. The van der Waals surface area contributed by atoms with Crippen LogP contribution >= 0.6 is 0 Å². The zero-order valence-corrected chi connectivity index (χ0v) is 10.8. The SMILES string of the molecule is CS(=O)(=O)Nc1cccc(NCc2cc[nH]c2)c1. The van der Waals surface area contributed by atoms with Gasteiger partial charge in [-0.05, 0) is 29.8 Å². The van der Waals surface area contributed by atoms with Crippen LogP contribution in [-0.4, -0.2) is 19.7 Å². The Bertz CT molecular complexity index is 606. The average Bonchev–Trinajstić information content (AvgIpc) is 2.77. The van der Waals surface area contributed by atoms with Crippen LogP contribution in [0.5, 0.6) is 0 Å². The molecule has 3 N–H and O–H groups in total. The molecule has 0 aliphatic carbocycles. The second-order valence-corrected chi connectivity index (χ2v) is 5.78. The van der Waals surface area contributed by atoms with Crippen LogP contribution in [0, 0.1) is 0 Å². The average molecular weight is 265 g/mol. The van der Waals surface area contributed by atoms with E-state index in [1.54, 1.807) is 18.2 Å². The third kappa shape index (κ3) is 3.81. The van der Waals surface area contributed by atoms with Gasteiger partial charge in [0.15, 0.2) is 0 Å². The molecular weight excluding hydrogens is 250 g/mol. The molecule has 0 aliphatic heterocycles. The molecule has 0 saturated heterocycles. The van der Waals surface area contributed by atoms with Crippen LogP contribution in [0.4, 0.5) is 11.4 Å². The molecule has 1 heterocycles. The van der Waals surface area contributed by atoms with Crippen molar-refractivity contribution in [1.29, 1.82) is 0 Å². The number of hydrogen-bond donors (Lipinski definition) is 3. The second-order valence-electron chi connectivity index (χ2n) is 4.03. The van der Waals surface area contributed by atoms with Crippen molar-refractivity contribution >= 4 is 21.4 Å². The maximum absolute atomic E-state index is 11.1. The highest BCUT2D eigenvalue weighted by Gasteiger charge is 2.02. The largest absolute Gasteiger partial charge is 0.381 e. The van der Waals surface area contributed by atoms with Gasteiger partial charge in [0.1, 0.15) is 0 Å². The van der Waals surface area contributed by atoms with Crippen LogP contribution in [0.2, 0.25) is 0 Å². The number of anilines is 2. The molecule has 0 unspecified atom stereocenters. The molecule has 0 radical (unpaired) electrons. The van der Waals surface area contributed by atoms with Crippen LogP contribution in [0.1, 0.15) is 5.56 Å². The van der Waals surface area contributed by atoms with Gasteiger partial charge >= 0.3 is 0 Å². The summed E-state index contributed by atoms with van der Waals surface area (Å²) in [4.78, 5) is 2.98. The van der Waals surface area contributed by atoms with Gasteiger partial charge in [0, 0.05) is 24.6 Å². The molecule has 1 aromatic heterocycles. The zero-order valence-electron chi connectivity index (χ0n) is 9.97. The highest BCUT2D eigenvalue weighted by Crippen LogP contribution is 2.16. The predicted molar refractivity (Wildman–Crippen MR) is 73.0 cm³/mol. The minimum Gasteiger partial charge on any atom is -0.381 e. The number of rotatable bonds is 5. The molecule has 6 heteroatoms. The summed E-state index contributed by atoms with van der Waals surface area (Å²) in [6, 6.07) is 9.13. The summed E-state index contributed by atoms with van der Waals surface area (Å²) in [5.41, 5.74) is 2.55. The van der Waals surface area contributed by atoms with Gasteiger partial charge in [0.2, 0.25) is 10.0 Å². The fourth-order valence-electron chi connectivity index (χ4n) is 1.58. The molecular formula is C12H15N3O2S. The summed E-state index contributed by atoms with van der Waals surface area (Å²) in [6.07, 6.45) is 4.90. The molecule has 96 valence electrons. The maximum atomic E-state index is 11.1. The minimum absolute atomic E-state index is 0.552. The molecule has 18 heavy (non-hydrogen) atoms. The minimum atomic E-state index is -3.23. The summed E-state index contributed by atoms with van der Waals surface area (Å²) >= 11 is 0. The highest BCUT2D eigenvalue weighted by atomic mass is 32.2. The highest BCUT2D eigenvalue weighted by molar-refractivity contribution is 7.92. The number of hydrogen-bond acceptors (Lipinski definition) is 3. The monoisotopic (exact) mass is 265 g/mol. The lowest BCUT2D eigenvalue weighted by Crippen LogP contribution is -2.09. The van der Waals surface area contributed by atoms with Gasteiger partial charge in [-0.1, -0.05) is 6.07 Å². The lowest BCUT2D eigenvalue weighted by Gasteiger charge is -2.08. The van der Waals surface area contributed by atoms with Crippen molar-refractivity contribution in [3.8, 4) is 0 Å². The summed E-state index contributed by atoms with van der Waals surface area (Å²) in [5, 5.41) is 3.22. The van der Waals surface area contributed by atoms with Crippen LogP contribution in [0.25, 0.3) is 0 Å². The Hall–Kier alpha value is -1.95. The normalized spacial score (nSPS) is 11.2. The first-order chi connectivity index (χ1) is 8.53. The Balaban J connectivity index is 2.03. The van der Waals surface area contributed by atoms with E-state index in [-0.39, 0.29) is 0 Å². The molecule has 2 aromatic rings. The lowest BCUT2D eigenvalue weighted by molar-refractivity contribution is 0.607. The molecule has 0 bridgehead atoms. The molecule has 2 rings (SSSR count). The molecule has 0 amide bonds. The van der Waals surface area contributed by atoms with Gasteiger partial charge in [-0.15, -0.1) is 0 Å². The van der Waals surface area contributed by atoms with E-state index in [2.05, 4.69) is 15.0 Å². The first-order valence-electron chi connectivity index (χ1n) is 5.46. The van der Waals surface area contributed by atoms with Gasteiger partial charge in [-0.25, -0.2) is 8.42 Å². The molecule has 1 aromatic carbocycles. The van der Waals surface area contributed by atoms with Gasteiger partial charge in [-0.2, -0.15) is 0 Å². The van der Waals surface area contributed by atoms with E-state index >= 15 is 0 Å². The number of benzene rings is 1. The summed E-state index contributed by atoms with van der Waals surface area (Å²) in [7, 11) is -3.23. The lowest BCUT2D eigenvalue weighted by atomic mass is 10.2. The van der Waals surface area contributed by atoms with Crippen molar-refractivity contribution in [3.05, 3.63) is 48.3 Å². The summed E-state index contributed by atoms with van der Waals surface area (Å²) in [5.74, 6) is 0. The first-order valence-corrected chi connectivity index (χ1v) is 7.35. The van der Waals surface area contributed by atoms with Gasteiger partial charge < -0.3 is 10.3 Å². The zero-order chi connectivity index (χ0) is 13.0. The van der Waals surface area contributed by atoms with Crippen molar-refractivity contribution < 1.29 is 8.42 Å². The fraction of sp³-hybridized carbons (Fsp3) is 0.167. The van der Waals surface area contributed by atoms with Crippen LogP contribution in [0.15, 0.2) is 42.7 Å². The van der Waals surface area contributed by atoms with Gasteiger partial charge in [0.05, 0.1) is 11.9 Å². The summed E-state index contributed by atoms with van der Waals surface area (Å²) < 4.78 is 24.7. The van der Waals surface area contributed by atoms with Crippen LogP contribution in [0.3, 0.4) is 0 Å². The third-order valence-electron chi connectivity index (χ3n) is 2.32. The Morgan fingerprint density at radius 3 is 2.67 bits per heavy atom. The molecule has 0 spiro atoms. The number of H-pyrrole nitrogens is 1.